The highest BCUT2D eigenvalue weighted by molar-refractivity contribution is 7.17. The number of hydrogen-bond donors (Lipinski definition) is 0. The lowest BCUT2D eigenvalue weighted by atomic mass is 10.1. The third-order valence-electron chi connectivity index (χ3n) is 2.39. The average molecular weight is 284 g/mol. The Morgan fingerprint density at radius 1 is 1.16 bits per heavy atom. The zero-order valence-corrected chi connectivity index (χ0v) is 10.2. The number of hydrogen-bond acceptors (Lipinski definition) is 3. The van der Waals surface area contributed by atoms with Crippen molar-refractivity contribution < 1.29 is 22.8 Å². The number of halogens is 3. The Bertz CT molecular complexity index is 629. The number of benzene rings is 1. The summed E-state index contributed by atoms with van der Waals surface area (Å²) in [6.45, 7) is 0. The first-order valence-electron chi connectivity index (χ1n) is 5.19. The number of rotatable bonds is 3. The number of Topliss-reactive ketones (excluding diaryl/α,β-unsaturated/α-hetero) is 1. The fourth-order valence-corrected chi connectivity index (χ4v) is 2.48. The van der Waals surface area contributed by atoms with Crippen LogP contribution in [0, 0.1) is 0 Å². The van der Waals surface area contributed by atoms with Crippen LogP contribution in [0.3, 0.4) is 0 Å². The van der Waals surface area contributed by atoms with Crippen LogP contribution in [0.4, 0.5) is 13.2 Å². The quantitative estimate of drug-likeness (QED) is 0.631. The van der Waals surface area contributed by atoms with Gasteiger partial charge in [0, 0.05) is 10.4 Å². The second-order valence-corrected chi connectivity index (χ2v) is 4.82. The van der Waals surface area contributed by atoms with E-state index < -0.39 is 12.0 Å². The molecule has 2 nitrogen and oxygen atoms in total. The molecule has 0 aliphatic heterocycles. The molecule has 0 aliphatic carbocycles. The third-order valence-corrected chi connectivity index (χ3v) is 3.53. The van der Waals surface area contributed by atoms with Crippen molar-refractivity contribution in [2.75, 3.05) is 0 Å². The molecule has 0 saturated carbocycles. The predicted molar refractivity (Wildman–Crippen MR) is 65.5 cm³/mol. The molecule has 6 heteroatoms. The molecule has 2 rings (SSSR count). The molecule has 0 fully saturated rings. The molecule has 98 valence electrons. The number of ketones is 1. The van der Waals surface area contributed by atoms with E-state index in [0.717, 1.165) is 17.4 Å². The van der Waals surface area contributed by atoms with Crippen LogP contribution < -0.4 is 0 Å². The smallest absolute Gasteiger partial charge is 0.298 e. The molecule has 0 unspecified atom stereocenters. The molecule has 19 heavy (non-hydrogen) atoms. The van der Waals surface area contributed by atoms with Crippen molar-refractivity contribution in [2.45, 2.75) is 6.18 Å². The van der Waals surface area contributed by atoms with E-state index in [9.17, 15) is 22.8 Å². The van der Waals surface area contributed by atoms with E-state index in [4.69, 9.17) is 0 Å². The zero-order chi connectivity index (χ0) is 14.0. The average Bonchev–Trinajstić information content (AvgIpc) is 2.86. The van der Waals surface area contributed by atoms with Crippen molar-refractivity contribution in [3.63, 3.8) is 0 Å². The van der Waals surface area contributed by atoms with Gasteiger partial charge >= 0.3 is 6.18 Å². The van der Waals surface area contributed by atoms with Gasteiger partial charge in [0.25, 0.3) is 5.78 Å². The second kappa shape index (κ2) is 4.97. The van der Waals surface area contributed by atoms with Gasteiger partial charge in [0.2, 0.25) is 0 Å². The minimum atomic E-state index is -4.87. The topological polar surface area (TPSA) is 34.1 Å². The molecule has 0 atom stereocenters. The van der Waals surface area contributed by atoms with Crippen LogP contribution in [0.25, 0.3) is 10.4 Å². The van der Waals surface area contributed by atoms with E-state index in [1.807, 2.05) is 0 Å². The van der Waals surface area contributed by atoms with Crippen LogP contribution in [0.15, 0.2) is 36.4 Å². The van der Waals surface area contributed by atoms with Crippen LogP contribution in [0.5, 0.6) is 0 Å². The summed E-state index contributed by atoms with van der Waals surface area (Å²) < 4.78 is 36.8. The van der Waals surface area contributed by atoms with Gasteiger partial charge in [-0.05, 0) is 23.8 Å². The summed E-state index contributed by atoms with van der Waals surface area (Å²) in [5.74, 6) is -1.85. The second-order valence-electron chi connectivity index (χ2n) is 3.73. The number of alkyl halides is 3. The number of thiophene rings is 1. The molecule has 0 aliphatic rings. The SMILES string of the molecule is O=Cc1cccc(-c2ccc(C(=O)C(F)(F)F)s2)c1. The molecular weight excluding hydrogens is 277 g/mol. The minimum Gasteiger partial charge on any atom is -0.298 e. The van der Waals surface area contributed by atoms with E-state index in [1.165, 1.54) is 6.07 Å². The normalized spacial score (nSPS) is 11.3. The summed E-state index contributed by atoms with van der Waals surface area (Å²) in [6.07, 6.45) is -4.22. The monoisotopic (exact) mass is 284 g/mol. The van der Waals surface area contributed by atoms with Crippen molar-refractivity contribution in [1.29, 1.82) is 0 Å². The standard InChI is InChI=1S/C13H7F3O2S/c14-13(15,16)12(18)11-5-4-10(19-11)9-3-1-2-8(6-9)7-17/h1-7H. The summed E-state index contributed by atoms with van der Waals surface area (Å²) in [7, 11) is 0. The first-order chi connectivity index (χ1) is 8.91. The third kappa shape index (κ3) is 2.90. The summed E-state index contributed by atoms with van der Waals surface area (Å²) in [5.41, 5.74) is 1.03. The summed E-state index contributed by atoms with van der Waals surface area (Å²) in [5, 5.41) is 0. The van der Waals surface area contributed by atoms with E-state index in [1.54, 1.807) is 24.3 Å². The van der Waals surface area contributed by atoms with Gasteiger partial charge < -0.3 is 0 Å². The van der Waals surface area contributed by atoms with Gasteiger partial charge in [0.15, 0.2) is 0 Å². The summed E-state index contributed by atoms with van der Waals surface area (Å²) >= 11 is 0.755. The number of carbonyl (C=O) groups is 2. The molecule has 0 spiro atoms. The van der Waals surface area contributed by atoms with Crippen molar-refractivity contribution in [3.05, 3.63) is 46.8 Å². The Morgan fingerprint density at radius 2 is 1.89 bits per heavy atom. The van der Waals surface area contributed by atoms with Crippen LogP contribution in [-0.4, -0.2) is 18.2 Å². The van der Waals surface area contributed by atoms with Gasteiger partial charge in [0.05, 0.1) is 4.88 Å². The van der Waals surface area contributed by atoms with Gasteiger partial charge in [-0.1, -0.05) is 18.2 Å². The fourth-order valence-electron chi connectivity index (χ4n) is 1.52. The number of aldehydes is 1. The maximum absolute atomic E-state index is 12.3. The van der Waals surface area contributed by atoms with Crippen molar-refractivity contribution in [2.24, 2.45) is 0 Å². The first-order valence-corrected chi connectivity index (χ1v) is 6.00. The molecule has 2 aromatic rings. The van der Waals surface area contributed by atoms with Crippen LogP contribution in [0.1, 0.15) is 20.0 Å². The minimum absolute atomic E-state index is 0.362. The maximum atomic E-state index is 12.3. The molecule has 1 heterocycles. The Balaban J connectivity index is 2.35. The largest absolute Gasteiger partial charge is 0.455 e. The molecule has 1 aromatic carbocycles. The van der Waals surface area contributed by atoms with Gasteiger partial charge in [-0.3, -0.25) is 9.59 Å². The molecule has 0 radical (unpaired) electrons. The van der Waals surface area contributed by atoms with Crippen molar-refractivity contribution >= 4 is 23.4 Å². The van der Waals surface area contributed by atoms with Crippen LogP contribution >= 0.6 is 11.3 Å². The van der Waals surface area contributed by atoms with E-state index in [2.05, 4.69) is 0 Å². The molecule has 0 bridgehead atoms. The Hall–Kier alpha value is -1.95. The fraction of sp³-hybridized carbons (Fsp3) is 0.0769. The highest BCUT2D eigenvalue weighted by Gasteiger charge is 2.40. The van der Waals surface area contributed by atoms with Crippen LogP contribution in [-0.2, 0) is 0 Å². The lowest BCUT2D eigenvalue weighted by Gasteiger charge is -2.01. The molecular formula is C13H7F3O2S. The Kier molecular flexibility index (Phi) is 3.53. The summed E-state index contributed by atoms with van der Waals surface area (Å²) in [4.78, 5) is 21.8. The van der Waals surface area contributed by atoms with E-state index in [0.29, 0.717) is 22.3 Å². The molecule has 0 saturated heterocycles. The molecule has 0 N–H and O–H groups in total. The maximum Gasteiger partial charge on any atom is 0.455 e. The summed E-state index contributed by atoms with van der Waals surface area (Å²) in [6, 6.07) is 9.02. The first kappa shape index (κ1) is 13.5. The highest BCUT2D eigenvalue weighted by atomic mass is 32.1. The van der Waals surface area contributed by atoms with Gasteiger partial charge in [-0.25, -0.2) is 0 Å². The predicted octanol–water partition coefficient (Wildman–Crippen LogP) is 3.97. The van der Waals surface area contributed by atoms with Gasteiger partial charge in [0.1, 0.15) is 6.29 Å². The van der Waals surface area contributed by atoms with Crippen LogP contribution in [0.2, 0.25) is 0 Å². The molecule has 1 aromatic heterocycles. The van der Waals surface area contributed by atoms with Crippen molar-refractivity contribution in [1.82, 2.24) is 0 Å². The lowest BCUT2D eigenvalue weighted by molar-refractivity contribution is -0.0882. The van der Waals surface area contributed by atoms with Crippen molar-refractivity contribution in [3.8, 4) is 10.4 Å². The zero-order valence-electron chi connectivity index (χ0n) is 9.40. The van der Waals surface area contributed by atoms with Gasteiger partial charge in [-0.2, -0.15) is 13.2 Å². The Labute approximate surface area is 110 Å². The van der Waals surface area contributed by atoms with E-state index in [-0.39, 0.29) is 4.88 Å². The Morgan fingerprint density at radius 3 is 2.53 bits per heavy atom. The lowest BCUT2D eigenvalue weighted by Crippen LogP contribution is -2.21. The van der Waals surface area contributed by atoms with E-state index >= 15 is 0 Å². The highest BCUT2D eigenvalue weighted by Crippen LogP contribution is 2.32. The van der Waals surface area contributed by atoms with Gasteiger partial charge in [-0.15, -0.1) is 11.3 Å². The molecule has 0 amide bonds. The number of carbonyl (C=O) groups excluding carboxylic acids is 2.